The Kier molecular flexibility index (Phi) is 7.25. The fourth-order valence-corrected chi connectivity index (χ4v) is 3.16. The maximum Gasteiger partial charge on any atom is 0.287 e. The molecule has 1 amide bonds. The van der Waals surface area contributed by atoms with Gasteiger partial charge in [0, 0.05) is 19.1 Å². The van der Waals surface area contributed by atoms with Gasteiger partial charge in [0.1, 0.15) is 5.76 Å². The van der Waals surface area contributed by atoms with E-state index < -0.39 is 0 Å². The Bertz CT molecular complexity index is 900. The summed E-state index contributed by atoms with van der Waals surface area (Å²) in [4.78, 5) is 14.6. The highest BCUT2D eigenvalue weighted by atomic mass is 16.4. The molecule has 3 rings (SSSR count). The Morgan fingerprint density at radius 2 is 1.59 bits per heavy atom. The standard InChI is InChI=1S/C25H30N2O2/c1-4-20(3)26-25(28)24-15-14-23(29-24)18-27(16-21-8-6-5-7-9-21)17-22-12-10-19(2)11-13-22/h5-15,20H,4,16-18H2,1-3H3,(H,26,28)/t20-/m1/s1. The van der Waals surface area contributed by atoms with Crippen molar-refractivity contribution in [3.8, 4) is 0 Å². The first kappa shape index (κ1) is 20.9. The average Bonchev–Trinajstić information content (AvgIpc) is 3.19. The molecular weight excluding hydrogens is 360 g/mol. The summed E-state index contributed by atoms with van der Waals surface area (Å²) in [5.74, 6) is 1.01. The van der Waals surface area contributed by atoms with E-state index in [-0.39, 0.29) is 11.9 Å². The van der Waals surface area contributed by atoms with Crippen LogP contribution in [-0.2, 0) is 19.6 Å². The molecule has 0 unspecified atom stereocenters. The Labute approximate surface area is 173 Å². The lowest BCUT2D eigenvalue weighted by molar-refractivity contribution is 0.0906. The number of amides is 1. The highest BCUT2D eigenvalue weighted by Crippen LogP contribution is 2.17. The van der Waals surface area contributed by atoms with E-state index in [1.807, 2.05) is 26.0 Å². The third-order valence-electron chi connectivity index (χ3n) is 5.03. The van der Waals surface area contributed by atoms with Gasteiger partial charge in [-0.05, 0) is 43.5 Å². The zero-order chi connectivity index (χ0) is 20.6. The number of hydrogen-bond acceptors (Lipinski definition) is 3. The molecule has 1 heterocycles. The number of aryl methyl sites for hydroxylation is 1. The zero-order valence-electron chi connectivity index (χ0n) is 17.5. The van der Waals surface area contributed by atoms with Crippen LogP contribution in [0, 0.1) is 6.92 Å². The van der Waals surface area contributed by atoms with Crippen molar-refractivity contribution in [2.24, 2.45) is 0 Å². The van der Waals surface area contributed by atoms with Crippen molar-refractivity contribution in [2.45, 2.75) is 52.9 Å². The third kappa shape index (κ3) is 6.33. The Hall–Kier alpha value is -2.85. The second-order valence-electron chi connectivity index (χ2n) is 7.67. The largest absolute Gasteiger partial charge is 0.455 e. The van der Waals surface area contributed by atoms with Crippen LogP contribution in [0.25, 0.3) is 0 Å². The molecule has 1 atom stereocenters. The van der Waals surface area contributed by atoms with Crippen molar-refractivity contribution in [3.63, 3.8) is 0 Å². The summed E-state index contributed by atoms with van der Waals surface area (Å²) >= 11 is 0. The number of benzene rings is 2. The van der Waals surface area contributed by atoms with Crippen LogP contribution in [0.15, 0.2) is 71.1 Å². The molecule has 0 spiro atoms. The molecule has 0 bridgehead atoms. The van der Waals surface area contributed by atoms with Gasteiger partial charge < -0.3 is 9.73 Å². The second-order valence-corrected chi connectivity index (χ2v) is 7.67. The van der Waals surface area contributed by atoms with Gasteiger partial charge in [-0.1, -0.05) is 67.1 Å². The van der Waals surface area contributed by atoms with Gasteiger partial charge in [0.2, 0.25) is 0 Å². The van der Waals surface area contributed by atoms with E-state index in [1.54, 1.807) is 6.07 Å². The predicted molar refractivity (Wildman–Crippen MR) is 116 cm³/mol. The van der Waals surface area contributed by atoms with Crippen LogP contribution in [0.5, 0.6) is 0 Å². The summed E-state index contributed by atoms with van der Waals surface area (Å²) in [6, 6.07) is 22.8. The topological polar surface area (TPSA) is 45.5 Å². The first-order valence-corrected chi connectivity index (χ1v) is 10.2. The van der Waals surface area contributed by atoms with E-state index >= 15 is 0 Å². The number of hydrogen-bond donors (Lipinski definition) is 1. The molecule has 152 valence electrons. The van der Waals surface area contributed by atoms with Crippen LogP contribution >= 0.6 is 0 Å². The predicted octanol–water partition coefficient (Wildman–Crippen LogP) is 5.32. The normalized spacial score (nSPS) is 12.1. The Balaban J connectivity index is 1.72. The second kappa shape index (κ2) is 10.1. The lowest BCUT2D eigenvalue weighted by Crippen LogP contribution is -2.31. The molecule has 4 nitrogen and oxygen atoms in total. The van der Waals surface area contributed by atoms with Crippen molar-refractivity contribution < 1.29 is 9.21 Å². The molecule has 29 heavy (non-hydrogen) atoms. The van der Waals surface area contributed by atoms with E-state index in [0.29, 0.717) is 12.3 Å². The average molecular weight is 391 g/mol. The van der Waals surface area contributed by atoms with Gasteiger partial charge in [0.15, 0.2) is 5.76 Å². The van der Waals surface area contributed by atoms with Gasteiger partial charge in [0.25, 0.3) is 5.91 Å². The first-order chi connectivity index (χ1) is 14.0. The number of carbonyl (C=O) groups excluding carboxylic acids is 1. The quantitative estimate of drug-likeness (QED) is 0.538. The molecule has 0 fully saturated rings. The van der Waals surface area contributed by atoms with E-state index in [1.165, 1.54) is 16.7 Å². The molecule has 2 aromatic carbocycles. The summed E-state index contributed by atoms with van der Waals surface area (Å²) in [5.41, 5.74) is 3.76. The van der Waals surface area contributed by atoms with Gasteiger partial charge >= 0.3 is 0 Å². The number of nitrogens with one attached hydrogen (secondary N) is 1. The third-order valence-corrected chi connectivity index (χ3v) is 5.03. The first-order valence-electron chi connectivity index (χ1n) is 10.2. The van der Waals surface area contributed by atoms with E-state index in [4.69, 9.17) is 4.42 Å². The van der Waals surface area contributed by atoms with Crippen LogP contribution in [0.2, 0.25) is 0 Å². The lowest BCUT2D eigenvalue weighted by Gasteiger charge is -2.21. The minimum Gasteiger partial charge on any atom is -0.455 e. The lowest BCUT2D eigenvalue weighted by atomic mass is 10.1. The minimum absolute atomic E-state index is 0.132. The molecule has 0 radical (unpaired) electrons. The summed E-state index contributed by atoms with van der Waals surface area (Å²) in [6.07, 6.45) is 0.890. The summed E-state index contributed by atoms with van der Waals surface area (Å²) in [7, 11) is 0. The van der Waals surface area contributed by atoms with E-state index in [0.717, 1.165) is 25.3 Å². The highest BCUT2D eigenvalue weighted by molar-refractivity contribution is 5.91. The van der Waals surface area contributed by atoms with Crippen molar-refractivity contribution in [2.75, 3.05) is 0 Å². The molecular formula is C25H30N2O2. The van der Waals surface area contributed by atoms with Crippen LogP contribution in [0.4, 0.5) is 0 Å². The maximum absolute atomic E-state index is 12.3. The van der Waals surface area contributed by atoms with Crippen LogP contribution in [0.1, 0.15) is 53.3 Å². The SMILES string of the molecule is CC[C@@H](C)NC(=O)c1ccc(CN(Cc2ccccc2)Cc2ccc(C)cc2)o1. The minimum atomic E-state index is -0.154. The van der Waals surface area contributed by atoms with Crippen molar-refractivity contribution in [1.29, 1.82) is 0 Å². The molecule has 1 aromatic heterocycles. The molecule has 0 aliphatic heterocycles. The van der Waals surface area contributed by atoms with Crippen molar-refractivity contribution in [1.82, 2.24) is 10.2 Å². The van der Waals surface area contributed by atoms with Crippen molar-refractivity contribution in [3.05, 3.63) is 94.9 Å². The number of carbonyl (C=O) groups is 1. The molecule has 3 aromatic rings. The van der Waals surface area contributed by atoms with Gasteiger partial charge in [-0.3, -0.25) is 9.69 Å². The molecule has 0 saturated carbocycles. The number of furan rings is 1. The fourth-order valence-electron chi connectivity index (χ4n) is 3.16. The van der Waals surface area contributed by atoms with Gasteiger partial charge in [-0.25, -0.2) is 0 Å². The summed E-state index contributed by atoms with van der Waals surface area (Å²) in [5, 5.41) is 2.95. The van der Waals surface area contributed by atoms with E-state index in [9.17, 15) is 4.79 Å². The molecule has 4 heteroatoms. The fraction of sp³-hybridized carbons (Fsp3) is 0.320. The van der Waals surface area contributed by atoms with Crippen LogP contribution in [-0.4, -0.2) is 16.8 Å². The van der Waals surface area contributed by atoms with Gasteiger partial charge in [0.05, 0.1) is 6.54 Å². The summed E-state index contributed by atoms with van der Waals surface area (Å²) in [6.45, 7) is 8.39. The van der Waals surface area contributed by atoms with E-state index in [2.05, 4.69) is 65.7 Å². The maximum atomic E-state index is 12.3. The monoisotopic (exact) mass is 390 g/mol. The molecule has 1 N–H and O–H groups in total. The molecule has 0 aliphatic carbocycles. The zero-order valence-corrected chi connectivity index (χ0v) is 17.5. The highest BCUT2D eigenvalue weighted by Gasteiger charge is 2.15. The van der Waals surface area contributed by atoms with Gasteiger partial charge in [-0.15, -0.1) is 0 Å². The van der Waals surface area contributed by atoms with Crippen molar-refractivity contribution >= 4 is 5.91 Å². The van der Waals surface area contributed by atoms with Gasteiger partial charge in [-0.2, -0.15) is 0 Å². The number of rotatable bonds is 9. The summed E-state index contributed by atoms with van der Waals surface area (Å²) < 4.78 is 5.86. The van der Waals surface area contributed by atoms with Crippen LogP contribution in [0.3, 0.4) is 0 Å². The molecule has 0 aliphatic rings. The van der Waals surface area contributed by atoms with Crippen LogP contribution < -0.4 is 5.32 Å². The Morgan fingerprint density at radius 1 is 0.931 bits per heavy atom. The molecule has 0 saturated heterocycles. The Morgan fingerprint density at radius 3 is 2.24 bits per heavy atom. The number of nitrogens with zero attached hydrogens (tertiary/aromatic N) is 1. The smallest absolute Gasteiger partial charge is 0.287 e.